The smallest absolute Gasteiger partial charge is 0.226 e. The molecule has 0 radical (unpaired) electrons. The monoisotopic (exact) mass is 401 g/mol. The van der Waals surface area contributed by atoms with Crippen LogP contribution in [0.4, 0.5) is 5.82 Å². The van der Waals surface area contributed by atoms with Gasteiger partial charge in [-0.1, -0.05) is 29.4 Å². The van der Waals surface area contributed by atoms with Crippen LogP contribution >= 0.6 is 0 Å². The Morgan fingerprint density at radius 3 is 2.93 bits per heavy atom. The van der Waals surface area contributed by atoms with E-state index in [1.807, 2.05) is 43.1 Å². The van der Waals surface area contributed by atoms with Gasteiger partial charge in [-0.2, -0.15) is 4.98 Å². The van der Waals surface area contributed by atoms with Gasteiger partial charge in [0.25, 0.3) is 0 Å². The molecular weight excluding hydrogens is 382 g/mol. The minimum absolute atomic E-state index is 0.461. The average Bonchev–Trinajstić information content (AvgIpc) is 3.40. The van der Waals surface area contributed by atoms with Crippen LogP contribution in [0.25, 0.3) is 22.2 Å². The zero-order valence-corrected chi connectivity index (χ0v) is 16.6. The maximum Gasteiger partial charge on any atom is 0.226 e. The second-order valence-corrected chi connectivity index (χ2v) is 6.97. The first-order chi connectivity index (χ1) is 14.7. The van der Waals surface area contributed by atoms with E-state index in [9.17, 15) is 0 Å². The predicted octanol–water partition coefficient (Wildman–Crippen LogP) is 2.40. The highest BCUT2D eigenvalue weighted by Gasteiger charge is 2.14. The van der Waals surface area contributed by atoms with Crippen molar-refractivity contribution in [1.29, 1.82) is 0 Å². The number of aromatic nitrogens is 8. The topological polar surface area (TPSA) is 112 Å². The molecule has 0 amide bonds. The van der Waals surface area contributed by atoms with Gasteiger partial charge in [0, 0.05) is 25.1 Å². The van der Waals surface area contributed by atoms with Gasteiger partial charge in [0.2, 0.25) is 11.5 Å². The largest absolute Gasteiger partial charge is 0.351 e. The van der Waals surface area contributed by atoms with Gasteiger partial charge in [0.05, 0.1) is 24.8 Å². The van der Waals surface area contributed by atoms with Gasteiger partial charge in [-0.15, -0.1) is 5.10 Å². The maximum absolute atomic E-state index is 5.17. The van der Waals surface area contributed by atoms with Gasteiger partial charge in [-0.3, -0.25) is 4.98 Å². The zero-order chi connectivity index (χ0) is 20.5. The van der Waals surface area contributed by atoms with Crippen LogP contribution in [0.2, 0.25) is 0 Å². The van der Waals surface area contributed by atoms with Crippen LogP contribution in [0.3, 0.4) is 0 Å². The summed E-state index contributed by atoms with van der Waals surface area (Å²) in [6.07, 6.45) is 4.17. The molecule has 0 atom stereocenters. The van der Waals surface area contributed by atoms with Crippen LogP contribution in [0, 0.1) is 0 Å². The first kappa shape index (κ1) is 18.1. The number of benzene rings is 1. The lowest BCUT2D eigenvalue weighted by molar-refractivity contribution is 0.376. The lowest BCUT2D eigenvalue weighted by Crippen LogP contribution is -2.19. The van der Waals surface area contributed by atoms with Gasteiger partial charge < -0.3 is 9.42 Å². The summed E-state index contributed by atoms with van der Waals surface area (Å²) in [5, 5.41) is 13.5. The Labute approximate surface area is 171 Å². The normalized spacial score (nSPS) is 11.4. The number of anilines is 1. The summed E-state index contributed by atoms with van der Waals surface area (Å²) in [6.45, 7) is 2.97. The summed E-state index contributed by atoms with van der Waals surface area (Å²) in [4.78, 5) is 19.7. The van der Waals surface area contributed by atoms with Crippen molar-refractivity contribution in [3.63, 3.8) is 0 Å². The number of hydrogen-bond acceptors (Lipinski definition) is 9. The molecule has 10 heteroatoms. The molecule has 0 aliphatic carbocycles. The number of rotatable bonds is 6. The molecule has 150 valence electrons. The van der Waals surface area contributed by atoms with Crippen molar-refractivity contribution in [3.05, 3.63) is 60.0 Å². The average molecular weight is 401 g/mol. The SMILES string of the molecule is CCc1nc(CN(C)c2cnc3nnn(Cc4ccc5ncccc5c4)c3n2)no1. The van der Waals surface area contributed by atoms with Gasteiger partial charge in [-0.05, 0) is 23.8 Å². The van der Waals surface area contributed by atoms with Crippen LogP contribution < -0.4 is 4.90 Å². The molecule has 4 heterocycles. The van der Waals surface area contributed by atoms with E-state index < -0.39 is 0 Å². The number of fused-ring (bicyclic) bond motifs is 2. The second kappa shape index (κ2) is 7.47. The number of hydrogen-bond donors (Lipinski definition) is 0. The quantitative estimate of drug-likeness (QED) is 0.423. The van der Waals surface area contributed by atoms with Crippen molar-refractivity contribution in [1.82, 2.24) is 40.1 Å². The fourth-order valence-corrected chi connectivity index (χ4v) is 3.22. The molecule has 0 aliphatic rings. The Hall–Kier alpha value is -3.95. The molecule has 1 aromatic carbocycles. The summed E-state index contributed by atoms with van der Waals surface area (Å²) in [6, 6.07) is 10.1. The summed E-state index contributed by atoms with van der Waals surface area (Å²) in [5.41, 5.74) is 3.17. The number of aryl methyl sites for hydroxylation is 1. The highest BCUT2D eigenvalue weighted by Crippen LogP contribution is 2.18. The molecule has 4 aromatic heterocycles. The summed E-state index contributed by atoms with van der Waals surface area (Å²) in [7, 11) is 1.91. The van der Waals surface area contributed by atoms with E-state index in [0.717, 1.165) is 16.5 Å². The molecule has 0 N–H and O–H groups in total. The summed E-state index contributed by atoms with van der Waals surface area (Å²) in [5.74, 6) is 1.90. The van der Waals surface area contributed by atoms with Gasteiger partial charge in [-0.25, -0.2) is 14.6 Å². The summed E-state index contributed by atoms with van der Waals surface area (Å²) >= 11 is 0. The minimum atomic E-state index is 0.461. The fourth-order valence-electron chi connectivity index (χ4n) is 3.22. The molecule has 0 spiro atoms. The van der Waals surface area contributed by atoms with Crippen molar-refractivity contribution >= 4 is 28.0 Å². The molecule has 5 rings (SSSR count). The van der Waals surface area contributed by atoms with Crippen molar-refractivity contribution < 1.29 is 4.52 Å². The van der Waals surface area contributed by atoms with E-state index in [-0.39, 0.29) is 0 Å². The molecular formula is C20H19N9O. The molecule has 0 saturated heterocycles. The molecule has 10 nitrogen and oxygen atoms in total. The van der Waals surface area contributed by atoms with Crippen molar-refractivity contribution in [3.8, 4) is 0 Å². The van der Waals surface area contributed by atoms with Crippen LogP contribution in [0.5, 0.6) is 0 Å². The third kappa shape index (κ3) is 3.43. The summed E-state index contributed by atoms with van der Waals surface area (Å²) < 4.78 is 6.92. The lowest BCUT2D eigenvalue weighted by Gasteiger charge is -2.15. The molecule has 0 unspecified atom stereocenters. The Bertz CT molecular complexity index is 1330. The van der Waals surface area contributed by atoms with E-state index >= 15 is 0 Å². The van der Waals surface area contributed by atoms with Crippen LogP contribution in [0.1, 0.15) is 24.2 Å². The lowest BCUT2D eigenvalue weighted by atomic mass is 10.1. The fraction of sp³-hybridized carbons (Fsp3) is 0.250. The van der Waals surface area contributed by atoms with Gasteiger partial charge in [0.1, 0.15) is 5.82 Å². The van der Waals surface area contributed by atoms with E-state index in [2.05, 4.69) is 36.5 Å². The van der Waals surface area contributed by atoms with Crippen molar-refractivity contribution in [2.24, 2.45) is 0 Å². The third-order valence-electron chi connectivity index (χ3n) is 4.80. The van der Waals surface area contributed by atoms with E-state index in [4.69, 9.17) is 9.51 Å². The second-order valence-electron chi connectivity index (χ2n) is 6.97. The Balaban J connectivity index is 1.41. The Morgan fingerprint density at radius 1 is 1.13 bits per heavy atom. The Morgan fingerprint density at radius 2 is 2.07 bits per heavy atom. The van der Waals surface area contributed by atoms with Crippen LogP contribution in [-0.2, 0) is 19.5 Å². The van der Waals surface area contributed by atoms with Crippen molar-refractivity contribution in [2.45, 2.75) is 26.4 Å². The molecule has 30 heavy (non-hydrogen) atoms. The first-order valence-electron chi connectivity index (χ1n) is 9.62. The first-order valence-corrected chi connectivity index (χ1v) is 9.62. The van der Waals surface area contributed by atoms with E-state index in [1.54, 1.807) is 17.1 Å². The maximum atomic E-state index is 5.17. The minimum Gasteiger partial charge on any atom is -0.351 e. The van der Waals surface area contributed by atoms with Crippen LogP contribution in [-0.4, -0.2) is 47.1 Å². The molecule has 0 bridgehead atoms. The highest BCUT2D eigenvalue weighted by molar-refractivity contribution is 5.79. The van der Waals surface area contributed by atoms with E-state index in [1.165, 1.54) is 0 Å². The van der Waals surface area contributed by atoms with Crippen molar-refractivity contribution in [2.75, 3.05) is 11.9 Å². The zero-order valence-electron chi connectivity index (χ0n) is 16.6. The molecule has 0 saturated carbocycles. The molecule has 5 aromatic rings. The van der Waals surface area contributed by atoms with Crippen LogP contribution in [0.15, 0.2) is 47.2 Å². The van der Waals surface area contributed by atoms with E-state index in [0.29, 0.717) is 48.3 Å². The predicted molar refractivity (Wildman–Crippen MR) is 110 cm³/mol. The van der Waals surface area contributed by atoms with Gasteiger partial charge in [0.15, 0.2) is 11.5 Å². The number of pyridine rings is 1. The standard InChI is InChI=1S/C20H19N9O/c1-3-18-23-16(26-30-18)12-28(2)17-10-22-19-20(24-17)29(27-25-19)11-13-6-7-15-14(9-13)5-4-8-21-15/h4-10H,3,11-12H2,1-2H3. The highest BCUT2D eigenvalue weighted by atomic mass is 16.5. The molecule has 0 aliphatic heterocycles. The van der Waals surface area contributed by atoms with Gasteiger partial charge >= 0.3 is 0 Å². The molecule has 0 fully saturated rings. The third-order valence-corrected chi connectivity index (χ3v) is 4.80. The number of nitrogens with zero attached hydrogens (tertiary/aromatic N) is 9. The Kier molecular flexibility index (Phi) is 4.51.